The first-order valence-electron chi connectivity index (χ1n) is 8.88. The number of benzene rings is 1. The minimum atomic E-state index is 0.224. The largest absolute Gasteiger partial charge is 0.508 e. The predicted octanol–water partition coefficient (Wildman–Crippen LogP) is 0.567. The molecule has 9 nitrogen and oxygen atoms in total. The van der Waals surface area contributed by atoms with Gasteiger partial charge in [0.15, 0.2) is 0 Å². The third-order valence-electron chi connectivity index (χ3n) is 4.43. The number of rotatable bonds is 4. The smallest absolute Gasteiger partial charge is 0.233 e. The monoisotopic (exact) mass is 357 g/mol. The second kappa shape index (κ2) is 7.71. The maximum absolute atomic E-state index is 9.45. The van der Waals surface area contributed by atoms with Crippen LogP contribution in [-0.4, -0.2) is 72.5 Å². The molecule has 0 bridgehead atoms. The molecule has 2 aliphatic rings. The van der Waals surface area contributed by atoms with Crippen molar-refractivity contribution in [2.24, 2.45) is 0 Å². The Morgan fingerprint density at radius 3 is 2.15 bits per heavy atom. The number of nitrogens with zero attached hydrogens (tertiary/aromatic N) is 5. The molecule has 4 rings (SSSR count). The van der Waals surface area contributed by atoms with E-state index in [1.54, 1.807) is 24.3 Å². The lowest BCUT2D eigenvalue weighted by atomic mass is 10.3. The Morgan fingerprint density at radius 1 is 0.885 bits per heavy atom. The van der Waals surface area contributed by atoms with Gasteiger partial charge in [-0.05, 0) is 24.3 Å². The molecule has 3 N–H and O–H groups in total. The van der Waals surface area contributed by atoms with Gasteiger partial charge < -0.3 is 30.3 Å². The van der Waals surface area contributed by atoms with Gasteiger partial charge in [0, 0.05) is 45.0 Å². The van der Waals surface area contributed by atoms with Gasteiger partial charge in [0.25, 0.3) is 0 Å². The van der Waals surface area contributed by atoms with Gasteiger partial charge in [-0.3, -0.25) is 0 Å². The molecule has 0 amide bonds. The van der Waals surface area contributed by atoms with Crippen LogP contribution in [-0.2, 0) is 4.74 Å². The van der Waals surface area contributed by atoms with Gasteiger partial charge in [-0.2, -0.15) is 15.0 Å². The van der Waals surface area contributed by atoms with Crippen molar-refractivity contribution in [3.63, 3.8) is 0 Å². The highest BCUT2D eigenvalue weighted by Crippen LogP contribution is 2.22. The van der Waals surface area contributed by atoms with Crippen molar-refractivity contribution in [3.05, 3.63) is 24.3 Å². The zero-order chi connectivity index (χ0) is 17.8. The van der Waals surface area contributed by atoms with Crippen molar-refractivity contribution in [1.29, 1.82) is 0 Å². The number of ether oxygens (including phenoxy) is 1. The van der Waals surface area contributed by atoms with Crippen LogP contribution in [0.15, 0.2) is 24.3 Å². The van der Waals surface area contributed by atoms with Crippen LogP contribution in [0.4, 0.5) is 23.5 Å². The highest BCUT2D eigenvalue weighted by atomic mass is 16.5. The summed E-state index contributed by atoms with van der Waals surface area (Å²) in [6.07, 6.45) is 0. The molecule has 2 fully saturated rings. The molecule has 3 heterocycles. The summed E-state index contributed by atoms with van der Waals surface area (Å²) >= 11 is 0. The van der Waals surface area contributed by atoms with Gasteiger partial charge in [0.05, 0.1) is 13.2 Å². The van der Waals surface area contributed by atoms with Crippen LogP contribution in [0.1, 0.15) is 0 Å². The number of anilines is 4. The molecule has 2 saturated heterocycles. The van der Waals surface area contributed by atoms with Crippen molar-refractivity contribution in [1.82, 2.24) is 20.3 Å². The van der Waals surface area contributed by atoms with E-state index in [1.165, 1.54) is 0 Å². The maximum Gasteiger partial charge on any atom is 0.233 e. The Balaban J connectivity index is 1.63. The molecule has 0 aliphatic carbocycles. The van der Waals surface area contributed by atoms with E-state index in [2.05, 4.69) is 30.4 Å². The summed E-state index contributed by atoms with van der Waals surface area (Å²) in [5.41, 5.74) is 0.813. The number of hydrogen-bond acceptors (Lipinski definition) is 9. The van der Waals surface area contributed by atoms with Crippen LogP contribution in [0.3, 0.4) is 0 Å². The Morgan fingerprint density at radius 2 is 1.50 bits per heavy atom. The Hall–Kier alpha value is -2.65. The summed E-state index contributed by atoms with van der Waals surface area (Å²) in [4.78, 5) is 18.2. The van der Waals surface area contributed by atoms with Crippen molar-refractivity contribution >= 4 is 23.5 Å². The molecular formula is C17H23N7O2. The standard InChI is InChI=1S/C17H23N7O2/c25-14-3-1-13(2-4-14)19-15-20-16(23-7-5-18-6-8-23)22-17(21-15)24-9-11-26-12-10-24/h1-4,18,25H,5-12H2,(H,19,20,21,22). The van der Waals surface area contributed by atoms with E-state index >= 15 is 0 Å². The third kappa shape index (κ3) is 3.94. The fourth-order valence-electron chi connectivity index (χ4n) is 2.99. The lowest BCUT2D eigenvalue weighted by Crippen LogP contribution is -2.44. The average Bonchev–Trinajstić information content (AvgIpc) is 2.71. The maximum atomic E-state index is 9.45. The van der Waals surface area contributed by atoms with Crippen LogP contribution < -0.4 is 20.4 Å². The molecule has 0 saturated carbocycles. The molecular weight excluding hydrogens is 334 g/mol. The summed E-state index contributed by atoms with van der Waals surface area (Å²) in [6, 6.07) is 6.84. The SMILES string of the molecule is Oc1ccc(Nc2nc(N3CCNCC3)nc(N3CCOCC3)n2)cc1. The minimum Gasteiger partial charge on any atom is -0.508 e. The fraction of sp³-hybridized carbons (Fsp3) is 0.471. The first-order valence-corrected chi connectivity index (χ1v) is 8.88. The Kier molecular flexibility index (Phi) is 4.98. The number of piperazine rings is 1. The quantitative estimate of drug-likeness (QED) is 0.678. The van der Waals surface area contributed by atoms with Gasteiger partial charge in [0.1, 0.15) is 5.75 Å². The van der Waals surface area contributed by atoms with Crippen LogP contribution in [0.25, 0.3) is 0 Å². The molecule has 26 heavy (non-hydrogen) atoms. The molecule has 1 aromatic heterocycles. The van der Waals surface area contributed by atoms with Crippen molar-refractivity contribution < 1.29 is 9.84 Å². The zero-order valence-corrected chi connectivity index (χ0v) is 14.6. The first kappa shape index (κ1) is 16.8. The predicted molar refractivity (Wildman–Crippen MR) is 99.3 cm³/mol. The van der Waals surface area contributed by atoms with E-state index in [4.69, 9.17) is 9.72 Å². The summed E-state index contributed by atoms with van der Waals surface area (Å²) in [5, 5.41) is 16.0. The number of nitrogens with one attached hydrogen (secondary N) is 2. The molecule has 1 aromatic carbocycles. The van der Waals surface area contributed by atoms with Crippen molar-refractivity contribution in [3.8, 4) is 5.75 Å². The number of phenolic OH excluding ortho intramolecular Hbond substituents is 1. The molecule has 0 unspecified atom stereocenters. The molecule has 2 aromatic rings. The topological polar surface area (TPSA) is 98.7 Å². The number of hydrogen-bond donors (Lipinski definition) is 3. The van der Waals surface area contributed by atoms with E-state index in [1.807, 2.05) is 0 Å². The summed E-state index contributed by atoms with van der Waals surface area (Å²) in [5.74, 6) is 2.07. The number of aromatic nitrogens is 3. The van der Waals surface area contributed by atoms with Gasteiger partial charge >= 0.3 is 0 Å². The van der Waals surface area contributed by atoms with Crippen molar-refractivity contribution in [2.45, 2.75) is 0 Å². The summed E-state index contributed by atoms with van der Waals surface area (Å²) in [7, 11) is 0. The second-order valence-electron chi connectivity index (χ2n) is 6.27. The van der Waals surface area contributed by atoms with Gasteiger partial charge in [-0.25, -0.2) is 0 Å². The molecule has 9 heteroatoms. The van der Waals surface area contributed by atoms with Crippen LogP contribution in [0, 0.1) is 0 Å². The minimum absolute atomic E-state index is 0.224. The number of aromatic hydroxyl groups is 1. The highest BCUT2D eigenvalue weighted by molar-refractivity contribution is 5.57. The third-order valence-corrected chi connectivity index (χ3v) is 4.43. The average molecular weight is 357 g/mol. The van der Waals surface area contributed by atoms with E-state index in [0.717, 1.165) is 45.0 Å². The van der Waals surface area contributed by atoms with Crippen LogP contribution >= 0.6 is 0 Å². The highest BCUT2D eigenvalue weighted by Gasteiger charge is 2.20. The first-order chi connectivity index (χ1) is 12.8. The van der Waals surface area contributed by atoms with Crippen molar-refractivity contribution in [2.75, 3.05) is 67.6 Å². The molecule has 0 atom stereocenters. The van der Waals surface area contributed by atoms with Crippen LogP contribution in [0.2, 0.25) is 0 Å². The molecule has 138 valence electrons. The number of phenols is 1. The molecule has 0 spiro atoms. The van der Waals surface area contributed by atoms with Gasteiger partial charge in [0.2, 0.25) is 17.8 Å². The zero-order valence-electron chi connectivity index (χ0n) is 14.6. The van der Waals surface area contributed by atoms with Gasteiger partial charge in [-0.1, -0.05) is 0 Å². The van der Waals surface area contributed by atoms with E-state index in [0.29, 0.717) is 31.1 Å². The lowest BCUT2D eigenvalue weighted by Gasteiger charge is -2.30. The molecule has 2 aliphatic heterocycles. The van der Waals surface area contributed by atoms with Gasteiger partial charge in [-0.15, -0.1) is 0 Å². The normalized spacial score (nSPS) is 18.0. The number of morpholine rings is 1. The van der Waals surface area contributed by atoms with E-state index in [9.17, 15) is 5.11 Å². The Labute approximate surface area is 152 Å². The fourth-order valence-corrected chi connectivity index (χ4v) is 2.99. The van der Waals surface area contributed by atoms with E-state index < -0.39 is 0 Å². The summed E-state index contributed by atoms with van der Waals surface area (Å²) in [6.45, 7) is 6.45. The van der Waals surface area contributed by atoms with E-state index in [-0.39, 0.29) is 5.75 Å². The van der Waals surface area contributed by atoms with Crippen LogP contribution in [0.5, 0.6) is 5.75 Å². The lowest BCUT2D eigenvalue weighted by molar-refractivity contribution is 0.122. The Bertz CT molecular complexity index is 692. The second-order valence-corrected chi connectivity index (χ2v) is 6.27. The molecule has 0 radical (unpaired) electrons. The summed E-state index contributed by atoms with van der Waals surface area (Å²) < 4.78 is 5.43.